The monoisotopic (exact) mass is 426 g/mol. The van der Waals surface area contributed by atoms with E-state index in [9.17, 15) is 19.2 Å². The quantitative estimate of drug-likeness (QED) is 0.265. The van der Waals surface area contributed by atoms with Gasteiger partial charge in [-0.25, -0.2) is 10.3 Å². The molecule has 1 heterocycles. The maximum absolute atomic E-state index is 12.9. The van der Waals surface area contributed by atoms with E-state index in [1.54, 1.807) is 22.2 Å². The molecule has 1 aliphatic heterocycles. The van der Waals surface area contributed by atoms with Crippen LogP contribution in [-0.2, 0) is 14.4 Å². The van der Waals surface area contributed by atoms with Gasteiger partial charge in [-0.05, 0) is 12.3 Å². The molecule has 9 nitrogen and oxygen atoms in total. The Balaban J connectivity index is 2.64. The van der Waals surface area contributed by atoms with E-state index in [1.165, 1.54) is 0 Å². The van der Waals surface area contributed by atoms with Crippen LogP contribution < -0.4 is 10.8 Å². The van der Waals surface area contributed by atoms with E-state index >= 15 is 0 Å². The number of nitrogens with one attached hydrogen (secondary N) is 2. The van der Waals surface area contributed by atoms with Crippen LogP contribution >= 0.6 is 0 Å². The molecule has 2 atom stereocenters. The molecule has 0 radical (unpaired) electrons. The van der Waals surface area contributed by atoms with Gasteiger partial charge in [0.1, 0.15) is 0 Å². The van der Waals surface area contributed by atoms with E-state index in [1.807, 2.05) is 13.8 Å². The van der Waals surface area contributed by atoms with Crippen LogP contribution in [-0.4, -0.2) is 70.9 Å². The highest BCUT2D eigenvalue weighted by Gasteiger charge is 2.31. The summed E-state index contributed by atoms with van der Waals surface area (Å²) in [6, 6.07) is -0.802. The number of carbonyl (C=O) groups excluding carboxylic acids is 4. The van der Waals surface area contributed by atoms with E-state index in [4.69, 9.17) is 5.21 Å². The summed E-state index contributed by atoms with van der Waals surface area (Å²) in [6.07, 6.45) is 3.75. The first-order valence-electron chi connectivity index (χ1n) is 11.0. The van der Waals surface area contributed by atoms with Crippen molar-refractivity contribution in [3.8, 4) is 0 Å². The zero-order valence-electron chi connectivity index (χ0n) is 18.8. The van der Waals surface area contributed by atoms with E-state index in [2.05, 4.69) is 12.2 Å². The third-order valence-corrected chi connectivity index (χ3v) is 5.58. The van der Waals surface area contributed by atoms with Gasteiger partial charge in [0.25, 0.3) is 0 Å². The lowest BCUT2D eigenvalue weighted by molar-refractivity contribution is -0.141. The van der Waals surface area contributed by atoms with Crippen molar-refractivity contribution in [2.24, 2.45) is 11.8 Å². The molecule has 4 amide bonds. The van der Waals surface area contributed by atoms with E-state index < -0.39 is 17.9 Å². The molecule has 0 saturated carbocycles. The van der Waals surface area contributed by atoms with Crippen LogP contribution in [0.15, 0.2) is 0 Å². The maximum atomic E-state index is 12.9. The molecule has 0 spiro atoms. The van der Waals surface area contributed by atoms with Crippen LogP contribution in [0.3, 0.4) is 0 Å². The predicted octanol–water partition coefficient (Wildman–Crippen LogP) is 1.94. The summed E-state index contributed by atoms with van der Waals surface area (Å²) < 4.78 is 0. The van der Waals surface area contributed by atoms with Gasteiger partial charge in [0.2, 0.25) is 11.8 Å². The number of urea groups is 1. The molecule has 0 aromatic rings. The molecule has 1 fully saturated rings. The Kier molecular flexibility index (Phi) is 11.4. The number of unbranched alkanes of at least 4 members (excludes halogenated alkanes) is 2. The highest BCUT2D eigenvalue weighted by atomic mass is 16.5. The largest absolute Gasteiger partial charge is 0.339 e. The molecule has 0 aliphatic carbocycles. The van der Waals surface area contributed by atoms with Crippen LogP contribution in [0, 0.1) is 11.8 Å². The Morgan fingerprint density at radius 1 is 0.967 bits per heavy atom. The summed E-state index contributed by atoms with van der Waals surface area (Å²) in [5.74, 6) is -1.15. The minimum absolute atomic E-state index is 0.00393. The Bertz CT molecular complexity index is 588. The van der Waals surface area contributed by atoms with E-state index in [-0.39, 0.29) is 30.1 Å². The number of hydrogen-bond acceptors (Lipinski definition) is 5. The highest BCUT2D eigenvalue weighted by molar-refractivity contribution is 5.89. The SMILES string of the molecule is CCCCC[C@H](CC(=O)NO)C(=O)N1CCN(C(=O)N[C@H](C(=O)CC)C(C)C)CC1. The van der Waals surface area contributed by atoms with Gasteiger partial charge in [-0.15, -0.1) is 0 Å². The lowest BCUT2D eigenvalue weighted by Crippen LogP contribution is -2.57. The van der Waals surface area contributed by atoms with Crippen molar-refractivity contribution in [1.29, 1.82) is 0 Å². The summed E-state index contributed by atoms with van der Waals surface area (Å²) in [7, 11) is 0. The number of amides is 4. The van der Waals surface area contributed by atoms with Gasteiger partial charge in [0, 0.05) is 44.9 Å². The van der Waals surface area contributed by atoms with Crippen LogP contribution in [0.5, 0.6) is 0 Å². The summed E-state index contributed by atoms with van der Waals surface area (Å²) in [5.41, 5.74) is 1.61. The molecule has 3 N–H and O–H groups in total. The number of rotatable bonds is 11. The van der Waals surface area contributed by atoms with Crippen molar-refractivity contribution >= 4 is 23.6 Å². The Labute approximate surface area is 179 Å². The summed E-state index contributed by atoms with van der Waals surface area (Å²) in [6.45, 7) is 9.15. The van der Waals surface area contributed by atoms with E-state index in [0.29, 0.717) is 39.0 Å². The average molecular weight is 427 g/mol. The van der Waals surface area contributed by atoms with Gasteiger partial charge >= 0.3 is 6.03 Å². The Morgan fingerprint density at radius 3 is 2.07 bits per heavy atom. The third-order valence-electron chi connectivity index (χ3n) is 5.58. The molecule has 0 aromatic carbocycles. The maximum Gasteiger partial charge on any atom is 0.318 e. The fourth-order valence-electron chi connectivity index (χ4n) is 3.67. The molecule has 172 valence electrons. The molecular weight excluding hydrogens is 388 g/mol. The topological polar surface area (TPSA) is 119 Å². The number of piperazine rings is 1. The standard InChI is InChI=1S/C21H38N4O5/c1-5-7-8-9-16(14-18(27)23-30)20(28)24-10-12-25(13-11-24)21(29)22-19(15(3)4)17(26)6-2/h15-16,19,30H,5-14H2,1-4H3,(H,22,29)(H,23,27)/t16-,19+/m1/s1. The smallest absolute Gasteiger partial charge is 0.318 e. The van der Waals surface area contributed by atoms with Gasteiger partial charge in [0.05, 0.1) is 6.04 Å². The summed E-state index contributed by atoms with van der Waals surface area (Å²) in [4.78, 5) is 52.5. The van der Waals surface area contributed by atoms with Crippen molar-refractivity contribution in [3.05, 3.63) is 0 Å². The molecule has 9 heteroatoms. The van der Waals surface area contributed by atoms with Gasteiger partial charge in [-0.2, -0.15) is 0 Å². The normalized spacial score (nSPS) is 16.2. The second-order valence-electron chi connectivity index (χ2n) is 8.24. The fourth-order valence-corrected chi connectivity index (χ4v) is 3.67. The molecular formula is C21H38N4O5. The number of carbonyl (C=O) groups is 4. The average Bonchev–Trinajstić information content (AvgIpc) is 2.75. The fraction of sp³-hybridized carbons (Fsp3) is 0.810. The van der Waals surface area contributed by atoms with Gasteiger partial charge in [0.15, 0.2) is 5.78 Å². The molecule has 0 aromatic heterocycles. The van der Waals surface area contributed by atoms with Crippen molar-refractivity contribution in [2.45, 2.75) is 72.3 Å². The number of nitrogens with zero attached hydrogens (tertiary/aromatic N) is 2. The first-order chi connectivity index (χ1) is 14.2. The minimum atomic E-state index is -0.566. The van der Waals surface area contributed by atoms with Crippen molar-refractivity contribution in [1.82, 2.24) is 20.6 Å². The molecule has 1 saturated heterocycles. The Hall–Kier alpha value is -2.16. The number of ketones is 1. The number of hydrogen-bond donors (Lipinski definition) is 3. The summed E-state index contributed by atoms with van der Waals surface area (Å²) >= 11 is 0. The second kappa shape index (κ2) is 13.2. The van der Waals surface area contributed by atoms with Crippen molar-refractivity contribution in [2.75, 3.05) is 26.2 Å². The number of Topliss-reactive ketones (excluding diaryl/α,β-unsaturated/α-hetero) is 1. The number of hydroxylamine groups is 1. The molecule has 1 rings (SSSR count). The first kappa shape index (κ1) is 25.9. The molecule has 0 unspecified atom stereocenters. The van der Waals surface area contributed by atoms with Crippen LogP contribution in [0.2, 0.25) is 0 Å². The molecule has 0 bridgehead atoms. The van der Waals surface area contributed by atoms with Crippen molar-refractivity contribution < 1.29 is 24.4 Å². The first-order valence-corrected chi connectivity index (χ1v) is 11.0. The van der Waals surface area contributed by atoms with Crippen molar-refractivity contribution in [3.63, 3.8) is 0 Å². The zero-order chi connectivity index (χ0) is 22.7. The van der Waals surface area contributed by atoms with E-state index in [0.717, 1.165) is 19.3 Å². The lowest BCUT2D eigenvalue weighted by atomic mass is 9.95. The molecule has 30 heavy (non-hydrogen) atoms. The lowest BCUT2D eigenvalue weighted by Gasteiger charge is -2.37. The van der Waals surface area contributed by atoms with Gasteiger partial charge < -0.3 is 15.1 Å². The molecule has 1 aliphatic rings. The highest BCUT2D eigenvalue weighted by Crippen LogP contribution is 2.19. The second-order valence-corrected chi connectivity index (χ2v) is 8.24. The van der Waals surface area contributed by atoms with Gasteiger partial charge in [-0.1, -0.05) is 47.0 Å². The predicted molar refractivity (Wildman–Crippen MR) is 113 cm³/mol. The van der Waals surface area contributed by atoms with Crippen LogP contribution in [0.25, 0.3) is 0 Å². The Morgan fingerprint density at radius 2 is 1.57 bits per heavy atom. The zero-order valence-corrected chi connectivity index (χ0v) is 18.8. The summed E-state index contributed by atoms with van der Waals surface area (Å²) in [5, 5.41) is 11.6. The van der Waals surface area contributed by atoms with Crippen LogP contribution in [0.1, 0.15) is 66.2 Å². The van der Waals surface area contributed by atoms with Gasteiger partial charge in [-0.3, -0.25) is 19.6 Å². The van der Waals surface area contributed by atoms with Crippen LogP contribution in [0.4, 0.5) is 4.79 Å². The third kappa shape index (κ3) is 7.93. The minimum Gasteiger partial charge on any atom is -0.339 e.